The van der Waals surface area contributed by atoms with Gasteiger partial charge in [0.15, 0.2) is 0 Å². The molecule has 1 aromatic heterocycles. The van der Waals surface area contributed by atoms with Gasteiger partial charge in [0.1, 0.15) is 5.69 Å². The summed E-state index contributed by atoms with van der Waals surface area (Å²) in [6.07, 6.45) is 7.99. The van der Waals surface area contributed by atoms with Crippen LogP contribution in [0.15, 0.2) is 48.7 Å². The summed E-state index contributed by atoms with van der Waals surface area (Å²) in [5, 5.41) is 3.19. The summed E-state index contributed by atoms with van der Waals surface area (Å²) in [6.45, 7) is 4.17. The molecule has 4 heteroatoms. The van der Waals surface area contributed by atoms with Crippen LogP contribution in [0.5, 0.6) is 0 Å². The molecule has 2 heterocycles. The maximum Gasteiger partial charge on any atom is 0.267 e. The van der Waals surface area contributed by atoms with Crippen LogP contribution in [0, 0.1) is 5.92 Å². The van der Waals surface area contributed by atoms with Crippen molar-refractivity contribution >= 4 is 5.91 Å². The summed E-state index contributed by atoms with van der Waals surface area (Å²) in [6, 6.07) is 15.2. The number of hydrogen-bond acceptors (Lipinski definition) is 2. The number of aromatic nitrogens is 1. The van der Waals surface area contributed by atoms with Gasteiger partial charge < -0.3 is 14.8 Å². The lowest BCUT2D eigenvalue weighted by Gasteiger charge is -2.32. The van der Waals surface area contributed by atoms with Crippen molar-refractivity contribution in [3.8, 4) is 0 Å². The van der Waals surface area contributed by atoms with Crippen molar-refractivity contribution in [3.05, 3.63) is 59.9 Å². The van der Waals surface area contributed by atoms with Crippen LogP contribution in [-0.2, 0) is 6.42 Å². The van der Waals surface area contributed by atoms with Gasteiger partial charge in [-0.2, -0.15) is 0 Å². The van der Waals surface area contributed by atoms with Crippen LogP contribution in [0.4, 0.5) is 0 Å². The van der Waals surface area contributed by atoms with Crippen LogP contribution < -0.4 is 5.32 Å². The fourth-order valence-electron chi connectivity index (χ4n) is 4.04. The van der Waals surface area contributed by atoms with Crippen molar-refractivity contribution in [1.29, 1.82) is 0 Å². The molecule has 138 valence electrons. The zero-order chi connectivity index (χ0) is 17.8. The molecule has 0 spiro atoms. The Bertz CT molecular complexity index is 720. The molecule has 1 aliphatic carbocycles. The van der Waals surface area contributed by atoms with Crippen molar-refractivity contribution in [2.45, 2.75) is 38.1 Å². The normalized spacial score (nSPS) is 20.8. The average Bonchev–Trinajstić information content (AvgIpc) is 3.42. The van der Waals surface area contributed by atoms with E-state index in [0.717, 1.165) is 31.7 Å². The van der Waals surface area contributed by atoms with Gasteiger partial charge in [0, 0.05) is 31.9 Å². The van der Waals surface area contributed by atoms with Crippen LogP contribution in [0.25, 0.3) is 0 Å². The lowest BCUT2D eigenvalue weighted by atomic mass is 9.97. The predicted octanol–water partition coefficient (Wildman–Crippen LogP) is 3.51. The maximum absolute atomic E-state index is 12.5. The summed E-state index contributed by atoms with van der Waals surface area (Å²) in [4.78, 5) is 15.1. The third-order valence-corrected chi connectivity index (χ3v) is 5.67. The first-order chi connectivity index (χ1) is 12.8. The molecule has 4 rings (SSSR count). The summed E-state index contributed by atoms with van der Waals surface area (Å²) >= 11 is 0. The number of nitrogens with one attached hydrogen (secondary N) is 1. The first-order valence-corrected chi connectivity index (χ1v) is 10.0. The van der Waals surface area contributed by atoms with Gasteiger partial charge in [-0.05, 0) is 62.3 Å². The number of likely N-dealkylation sites (tertiary alicyclic amines) is 1. The van der Waals surface area contributed by atoms with Crippen molar-refractivity contribution < 1.29 is 4.79 Å². The minimum atomic E-state index is 0.0864. The van der Waals surface area contributed by atoms with E-state index >= 15 is 0 Å². The maximum atomic E-state index is 12.5. The van der Waals surface area contributed by atoms with E-state index in [9.17, 15) is 4.79 Å². The van der Waals surface area contributed by atoms with Crippen LogP contribution in [0.1, 0.15) is 47.8 Å². The van der Waals surface area contributed by atoms with Crippen molar-refractivity contribution in [1.82, 2.24) is 14.8 Å². The Hall–Kier alpha value is -2.07. The average molecular weight is 351 g/mol. The highest BCUT2D eigenvalue weighted by molar-refractivity contribution is 5.92. The first-order valence-electron chi connectivity index (χ1n) is 10.0. The summed E-state index contributed by atoms with van der Waals surface area (Å²) in [7, 11) is 0. The Morgan fingerprint density at radius 3 is 2.73 bits per heavy atom. The van der Waals surface area contributed by atoms with Gasteiger partial charge in [0.25, 0.3) is 5.91 Å². The molecule has 2 fully saturated rings. The Morgan fingerprint density at radius 2 is 1.92 bits per heavy atom. The van der Waals surface area contributed by atoms with Crippen LogP contribution in [0.3, 0.4) is 0 Å². The number of carbonyl (C=O) groups is 1. The molecule has 0 unspecified atom stereocenters. The smallest absolute Gasteiger partial charge is 0.267 e. The number of benzene rings is 1. The van der Waals surface area contributed by atoms with Crippen LogP contribution in [0.2, 0.25) is 0 Å². The standard InChI is InChI=1S/C22H29N3O/c26-22(21-9-5-14-25(21)20-10-11-20)23-16-19-8-4-13-24(17-19)15-12-18-6-2-1-3-7-18/h1-3,5-7,9,14,19-20H,4,8,10-13,15-17H2,(H,23,26)/t19-/m0/s1. The van der Waals surface area contributed by atoms with Gasteiger partial charge in [0.05, 0.1) is 0 Å². The van der Waals surface area contributed by atoms with Gasteiger partial charge in [0.2, 0.25) is 0 Å². The summed E-state index contributed by atoms with van der Waals surface area (Å²) in [5.74, 6) is 0.649. The van der Waals surface area contributed by atoms with Crippen LogP contribution in [-0.4, -0.2) is 41.6 Å². The number of amides is 1. The molecule has 26 heavy (non-hydrogen) atoms. The molecule has 0 bridgehead atoms. The second kappa shape index (κ2) is 8.09. The van der Waals surface area contributed by atoms with E-state index in [2.05, 4.69) is 45.1 Å². The largest absolute Gasteiger partial charge is 0.350 e. The van der Waals surface area contributed by atoms with Gasteiger partial charge in [-0.15, -0.1) is 0 Å². The molecule has 2 aliphatic rings. The minimum absolute atomic E-state index is 0.0864. The van der Waals surface area contributed by atoms with Crippen LogP contribution >= 0.6 is 0 Å². The second-order valence-corrected chi connectivity index (χ2v) is 7.79. The Balaban J connectivity index is 1.24. The Labute approximate surface area is 156 Å². The number of rotatable bonds is 7. The molecule has 1 saturated carbocycles. The van der Waals surface area contributed by atoms with Crippen molar-refractivity contribution in [2.75, 3.05) is 26.2 Å². The first kappa shape index (κ1) is 17.3. The van der Waals surface area contributed by atoms with E-state index in [0.29, 0.717) is 12.0 Å². The molecule has 1 saturated heterocycles. The molecule has 1 atom stereocenters. The number of piperidine rings is 1. The highest BCUT2D eigenvalue weighted by Crippen LogP contribution is 2.36. The van der Waals surface area contributed by atoms with E-state index in [1.54, 1.807) is 0 Å². The molecule has 2 aromatic rings. The number of hydrogen-bond donors (Lipinski definition) is 1. The van der Waals surface area contributed by atoms with Crippen molar-refractivity contribution in [2.24, 2.45) is 5.92 Å². The molecule has 1 N–H and O–H groups in total. The zero-order valence-electron chi connectivity index (χ0n) is 15.4. The molecular weight excluding hydrogens is 322 g/mol. The van der Waals surface area contributed by atoms with E-state index in [-0.39, 0.29) is 5.91 Å². The Kier molecular flexibility index (Phi) is 5.40. The fourth-order valence-corrected chi connectivity index (χ4v) is 4.04. The monoisotopic (exact) mass is 351 g/mol. The van der Waals surface area contributed by atoms with E-state index in [1.807, 2.05) is 18.3 Å². The summed E-state index contributed by atoms with van der Waals surface area (Å²) < 4.78 is 2.14. The van der Waals surface area contributed by atoms with Crippen molar-refractivity contribution in [3.63, 3.8) is 0 Å². The van der Waals surface area contributed by atoms with Gasteiger partial charge in [-0.25, -0.2) is 0 Å². The quantitative estimate of drug-likeness (QED) is 0.829. The second-order valence-electron chi connectivity index (χ2n) is 7.79. The van der Waals surface area contributed by atoms with Gasteiger partial charge in [-0.3, -0.25) is 4.79 Å². The third kappa shape index (κ3) is 4.36. The minimum Gasteiger partial charge on any atom is -0.350 e. The SMILES string of the molecule is O=C(NC[C@@H]1CCCN(CCc2ccccc2)C1)c1cccn1C1CC1. The highest BCUT2D eigenvalue weighted by atomic mass is 16.1. The molecule has 4 nitrogen and oxygen atoms in total. The topological polar surface area (TPSA) is 37.3 Å². The zero-order valence-corrected chi connectivity index (χ0v) is 15.4. The lowest BCUT2D eigenvalue weighted by molar-refractivity contribution is 0.0923. The highest BCUT2D eigenvalue weighted by Gasteiger charge is 2.27. The molecular formula is C22H29N3O. The predicted molar refractivity (Wildman–Crippen MR) is 104 cm³/mol. The third-order valence-electron chi connectivity index (χ3n) is 5.67. The summed E-state index contributed by atoms with van der Waals surface area (Å²) in [5.41, 5.74) is 2.23. The molecule has 1 aromatic carbocycles. The van der Waals surface area contributed by atoms with E-state index in [1.165, 1.54) is 37.8 Å². The lowest BCUT2D eigenvalue weighted by Crippen LogP contribution is -2.41. The van der Waals surface area contributed by atoms with Gasteiger partial charge >= 0.3 is 0 Å². The fraction of sp³-hybridized carbons (Fsp3) is 0.500. The van der Waals surface area contributed by atoms with E-state index in [4.69, 9.17) is 0 Å². The molecule has 1 amide bonds. The molecule has 1 aliphatic heterocycles. The van der Waals surface area contributed by atoms with Gasteiger partial charge in [-0.1, -0.05) is 30.3 Å². The molecule has 0 radical (unpaired) electrons. The number of carbonyl (C=O) groups excluding carboxylic acids is 1. The number of nitrogens with zero attached hydrogens (tertiary/aromatic N) is 2. The van der Waals surface area contributed by atoms with E-state index < -0.39 is 0 Å². The Morgan fingerprint density at radius 1 is 1.08 bits per heavy atom.